The van der Waals surface area contributed by atoms with Gasteiger partial charge in [-0.1, -0.05) is 110 Å². The molecule has 0 radical (unpaired) electrons. The summed E-state index contributed by atoms with van der Waals surface area (Å²) in [6.07, 6.45) is 5.85. The van der Waals surface area contributed by atoms with Gasteiger partial charge in [-0.15, -0.1) is 0 Å². The molecule has 2 aromatic carbocycles. The molecule has 0 N–H and O–H groups in total. The van der Waals surface area contributed by atoms with Crippen LogP contribution in [0.5, 0.6) is 11.5 Å². The highest BCUT2D eigenvalue weighted by Crippen LogP contribution is 2.43. The van der Waals surface area contributed by atoms with Gasteiger partial charge in [0.2, 0.25) is 0 Å². The van der Waals surface area contributed by atoms with Gasteiger partial charge in [-0.25, -0.2) is 19.2 Å². The molecular formula is C34H36Cl6O8. The molecule has 2 fully saturated rings. The van der Waals surface area contributed by atoms with Crippen LogP contribution in [0.3, 0.4) is 0 Å². The lowest BCUT2D eigenvalue weighted by molar-refractivity contribution is -0.156. The SMILES string of the molecule is CC(C)C1CCCC1COC(=O)c1c(Cl)c(Cl)cc(Cl)c1OC(=O)C(=O)Oc1c(Cl)cc(Cl)c(Cl)c1C(=O)OCC1CCCC1C(C)C. The average Bonchev–Trinajstić information content (AvgIpc) is 3.70. The molecule has 2 aromatic rings. The second-order valence-electron chi connectivity index (χ2n) is 12.9. The van der Waals surface area contributed by atoms with E-state index in [1.807, 2.05) is 0 Å². The molecule has 4 unspecified atom stereocenters. The van der Waals surface area contributed by atoms with Crippen molar-refractivity contribution in [1.29, 1.82) is 0 Å². The van der Waals surface area contributed by atoms with Crippen molar-refractivity contribution in [2.75, 3.05) is 13.2 Å². The zero-order chi connectivity index (χ0) is 35.4. The van der Waals surface area contributed by atoms with E-state index in [1.165, 1.54) is 0 Å². The zero-order valence-electron chi connectivity index (χ0n) is 26.8. The third-order valence-electron chi connectivity index (χ3n) is 9.22. The van der Waals surface area contributed by atoms with Gasteiger partial charge in [-0.2, -0.15) is 0 Å². The van der Waals surface area contributed by atoms with Crippen LogP contribution in [-0.2, 0) is 19.1 Å². The van der Waals surface area contributed by atoms with E-state index in [9.17, 15) is 19.2 Å². The summed E-state index contributed by atoms with van der Waals surface area (Å²) >= 11 is 37.7. The van der Waals surface area contributed by atoms with Gasteiger partial charge in [-0.3, -0.25) is 0 Å². The van der Waals surface area contributed by atoms with Gasteiger partial charge in [0.1, 0.15) is 11.1 Å². The second kappa shape index (κ2) is 16.8. The lowest BCUT2D eigenvalue weighted by Gasteiger charge is -2.23. The van der Waals surface area contributed by atoms with Crippen LogP contribution in [0.2, 0.25) is 30.1 Å². The van der Waals surface area contributed by atoms with E-state index in [2.05, 4.69) is 27.7 Å². The Labute approximate surface area is 309 Å². The van der Waals surface area contributed by atoms with Crippen LogP contribution in [0, 0.1) is 35.5 Å². The zero-order valence-corrected chi connectivity index (χ0v) is 31.3. The number of benzene rings is 2. The molecule has 48 heavy (non-hydrogen) atoms. The Balaban J connectivity index is 1.53. The fourth-order valence-corrected chi connectivity index (χ4v) is 8.24. The summed E-state index contributed by atoms with van der Waals surface area (Å²) in [5.74, 6) is -4.48. The predicted octanol–water partition coefficient (Wildman–Crippen LogP) is 10.6. The molecule has 2 aliphatic rings. The summed E-state index contributed by atoms with van der Waals surface area (Å²) in [5.41, 5.74) is -0.893. The van der Waals surface area contributed by atoms with Crippen molar-refractivity contribution in [3.63, 3.8) is 0 Å². The van der Waals surface area contributed by atoms with Crippen molar-refractivity contribution >= 4 is 93.5 Å². The fraction of sp³-hybridized carbons (Fsp3) is 0.529. The maximum atomic E-state index is 13.3. The minimum absolute atomic E-state index is 0.102. The van der Waals surface area contributed by atoms with Gasteiger partial charge in [-0.05, 0) is 73.3 Å². The maximum Gasteiger partial charge on any atom is 0.423 e. The van der Waals surface area contributed by atoms with Crippen LogP contribution >= 0.6 is 69.6 Å². The predicted molar refractivity (Wildman–Crippen MR) is 186 cm³/mol. The van der Waals surface area contributed by atoms with Crippen LogP contribution in [-0.4, -0.2) is 37.1 Å². The molecule has 0 amide bonds. The van der Waals surface area contributed by atoms with Crippen LogP contribution in [0.4, 0.5) is 0 Å². The van der Waals surface area contributed by atoms with Gasteiger partial charge in [0.25, 0.3) is 0 Å². The van der Waals surface area contributed by atoms with E-state index in [-0.39, 0.29) is 55.2 Å². The maximum absolute atomic E-state index is 13.3. The quantitative estimate of drug-likeness (QED) is 0.101. The number of carbonyl (C=O) groups is 4. The first-order valence-corrected chi connectivity index (χ1v) is 18.0. The summed E-state index contributed by atoms with van der Waals surface area (Å²) in [5, 5.41) is -1.43. The molecule has 2 aliphatic carbocycles. The number of rotatable bonds is 10. The minimum Gasteiger partial charge on any atom is -0.462 e. The van der Waals surface area contributed by atoms with Crippen molar-refractivity contribution in [3.05, 3.63) is 53.4 Å². The lowest BCUT2D eigenvalue weighted by Crippen LogP contribution is -2.28. The van der Waals surface area contributed by atoms with E-state index in [0.717, 1.165) is 50.7 Å². The van der Waals surface area contributed by atoms with Gasteiger partial charge in [0, 0.05) is 0 Å². The number of esters is 4. The first-order valence-electron chi connectivity index (χ1n) is 15.7. The molecule has 2 saturated carbocycles. The van der Waals surface area contributed by atoms with Crippen molar-refractivity contribution in [3.8, 4) is 11.5 Å². The van der Waals surface area contributed by atoms with Gasteiger partial charge in [0.05, 0.1) is 43.3 Å². The first-order chi connectivity index (χ1) is 22.6. The Morgan fingerprint density at radius 2 is 0.958 bits per heavy atom. The van der Waals surface area contributed by atoms with Crippen molar-refractivity contribution in [1.82, 2.24) is 0 Å². The summed E-state index contributed by atoms with van der Waals surface area (Å²) in [6, 6.07) is 2.28. The normalized spacial score (nSPS) is 20.7. The molecule has 262 valence electrons. The van der Waals surface area contributed by atoms with E-state index >= 15 is 0 Å². The molecule has 0 aliphatic heterocycles. The number of ether oxygens (including phenoxy) is 4. The molecule has 0 heterocycles. The second-order valence-corrected chi connectivity index (χ2v) is 15.3. The van der Waals surface area contributed by atoms with Crippen LogP contribution < -0.4 is 9.47 Å². The van der Waals surface area contributed by atoms with Crippen LogP contribution in [0.15, 0.2) is 12.1 Å². The molecule has 0 aromatic heterocycles. The number of carbonyl (C=O) groups excluding carboxylic acids is 4. The third kappa shape index (κ3) is 8.85. The Morgan fingerprint density at radius 3 is 1.29 bits per heavy atom. The molecule has 4 rings (SSSR count). The summed E-state index contributed by atoms with van der Waals surface area (Å²) in [4.78, 5) is 52.7. The first kappa shape index (κ1) is 38.9. The number of hydrogen-bond donors (Lipinski definition) is 0. The average molecular weight is 785 g/mol. The van der Waals surface area contributed by atoms with Gasteiger partial charge >= 0.3 is 23.9 Å². The monoisotopic (exact) mass is 782 g/mol. The van der Waals surface area contributed by atoms with Crippen LogP contribution in [0.1, 0.15) is 86.9 Å². The van der Waals surface area contributed by atoms with Crippen molar-refractivity contribution in [2.24, 2.45) is 35.5 Å². The Morgan fingerprint density at radius 1 is 0.604 bits per heavy atom. The highest BCUT2D eigenvalue weighted by molar-refractivity contribution is 6.47. The van der Waals surface area contributed by atoms with E-state index < -0.39 is 46.5 Å². The van der Waals surface area contributed by atoms with Crippen LogP contribution in [0.25, 0.3) is 0 Å². The van der Waals surface area contributed by atoms with Crippen molar-refractivity contribution in [2.45, 2.75) is 66.2 Å². The smallest absolute Gasteiger partial charge is 0.423 e. The standard InChI is InChI=1S/C34H36Cl6O8/c1-15(2)19-9-5-7-17(19)13-45-31(41)25-27(39)21(35)11-23(37)29(25)47-33(43)34(44)48-30-24(38)12-22(36)28(40)26(30)32(42)46-14-18-8-6-10-20(18)16(3)4/h11-12,15-20H,5-10,13-14H2,1-4H3. The minimum atomic E-state index is -1.63. The topological polar surface area (TPSA) is 105 Å². The largest absolute Gasteiger partial charge is 0.462 e. The molecule has 0 spiro atoms. The lowest BCUT2D eigenvalue weighted by atomic mass is 9.87. The molecule has 0 saturated heterocycles. The fourth-order valence-electron chi connectivity index (χ4n) is 6.80. The van der Waals surface area contributed by atoms with Gasteiger partial charge in [0.15, 0.2) is 11.5 Å². The van der Waals surface area contributed by atoms with E-state index in [1.54, 1.807) is 0 Å². The number of hydrogen-bond acceptors (Lipinski definition) is 8. The third-order valence-corrected chi connectivity index (χ3v) is 11.4. The summed E-state index contributed by atoms with van der Waals surface area (Å²) in [6.45, 7) is 8.67. The molecule has 8 nitrogen and oxygen atoms in total. The van der Waals surface area contributed by atoms with E-state index in [0.29, 0.717) is 23.7 Å². The molecule has 4 atom stereocenters. The summed E-state index contributed by atoms with van der Waals surface area (Å²) < 4.78 is 21.6. The molecule has 14 heteroatoms. The van der Waals surface area contributed by atoms with Gasteiger partial charge < -0.3 is 18.9 Å². The van der Waals surface area contributed by atoms with E-state index in [4.69, 9.17) is 88.6 Å². The Bertz CT molecular complexity index is 1460. The highest BCUT2D eigenvalue weighted by atomic mass is 35.5. The highest BCUT2D eigenvalue weighted by Gasteiger charge is 2.35. The number of halogens is 6. The Kier molecular flexibility index (Phi) is 13.6. The molecule has 0 bridgehead atoms. The van der Waals surface area contributed by atoms with Crippen molar-refractivity contribution < 1.29 is 38.1 Å². The molecular weight excluding hydrogens is 749 g/mol. The summed E-state index contributed by atoms with van der Waals surface area (Å²) in [7, 11) is 0. The Hall–Kier alpha value is -1.94.